The number of methoxy groups -OCH3 is 1. The van der Waals surface area contributed by atoms with Gasteiger partial charge in [-0.3, -0.25) is 0 Å². The zero-order valence-electron chi connectivity index (χ0n) is 12.0. The summed E-state index contributed by atoms with van der Waals surface area (Å²) < 4.78 is 28.0. The highest BCUT2D eigenvalue weighted by Crippen LogP contribution is 2.26. The van der Waals surface area contributed by atoms with Crippen molar-refractivity contribution in [2.45, 2.75) is 31.1 Å². The zero-order valence-corrected chi connectivity index (χ0v) is 12.8. The monoisotopic (exact) mass is 301 g/mol. The molecule has 20 heavy (non-hydrogen) atoms. The molecule has 0 heterocycles. The van der Waals surface area contributed by atoms with E-state index in [1.54, 1.807) is 20.1 Å². The standard InChI is InChI=1S/C13H23N3O3S/c1-10-12(16-6-4-3-5-7-19-2)8-11(14)9-13(10)20(15,17)18/h8-9,16H,3-7,14H2,1-2H3,(H2,15,17,18). The van der Waals surface area contributed by atoms with Crippen LogP contribution in [0, 0.1) is 6.92 Å². The van der Waals surface area contributed by atoms with Crippen LogP contribution in [0.25, 0.3) is 0 Å². The maximum absolute atomic E-state index is 11.5. The van der Waals surface area contributed by atoms with E-state index in [4.69, 9.17) is 15.6 Å². The fourth-order valence-corrected chi connectivity index (χ4v) is 2.80. The van der Waals surface area contributed by atoms with Gasteiger partial charge in [0.1, 0.15) is 0 Å². The highest BCUT2D eigenvalue weighted by atomic mass is 32.2. The lowest BCUT2D eigenvalue weighted by molar-refractivity contribution is 0.192. The molecule has 0 radical (unpaired) electrons. The number of nitrogen functional groups attached to an aromatic ring is 1. The van der Waals surface area contributed by atoms with E-state index in [1.807, 2.05) is 0 Å². The van der Waals surface area contributed by atoms with Gasteiger partial charge in [0.15, 0.2) is 0 Å². The summed E-state index contributed by atoms with van der Waals surface area (Å²) in [4.78, 5) is 0.0689. The molecule has 0 aliphatic rings. The number of benzene rings is 1. The average Bonchev–Trinajstić information content (AvgIpc) is 2.35. The lowest BCUT2D eigenvalue weighted by Gasteiger charge is -2.13. The van der Waals surface area contributed by atoms with Gasteiger partial charge in [0.25, 0.3) is 0 Å². The molecule has 0 aliphatic carbocycles. The number of nitrogens with two attached hydrogens (primary N) is 2. The van der Waals surface area contributed by atoms with Gasteiger partial charge in [0, 0.05) is 31.6 Å². The van der Waals surface area contributed by atoms with Gasteiger partial charge in [0.2, 0.25) is 10.0 Å². The smallest absolute Gasteiger partial charge is 0.238 e. The first-order valence-corrected chi connectivity index (χ1v) is 8.06. The summed E-state index contributed by atoms with van der Waals surface area (Å²) in [5.41, 5.74) is 7.40. The topological polar surface area (TPSA) is 107 Å². The number of hydrogen-bond donors (Lipinski definition) is 3. The number of hydrogen-bond acceptors (Lipinski definition) is 5. The van der Waals surface area contributed by atoms with E-state index in [0.29, 0.717) is 16.9 Å². The van der Waals surface area contributed by atoms with Crippen molar-refractivity contribution in [2.75, 3.05) is 31.3 Å². The predicted octanol–water partition coefficient (Wildman–Crippen LogP) is 1.45. The van der Waals surface area contributed by atoms with Crippen molar-refractivity contribution >= 4 is 21.4 Å². The van der Waals surface area contributed by atoms with Crippen molar-refractivity contribution in [2.24, 2.45) is 5.14 Å². The summed E-state index contributed by atoms with van der Waals surface area (Å²) in [6.07, 6.45) is 3.03. The fourth-order valence-electron chi connectivity index (χ4n) is 1.96. The summed E-state index contributed by atoms with van der Waals surface area (Å²) in [7, 11) is -2.07. The molecule has 1 aromatic carbocycles. The lowest BCUT2D eigenvalue weighted by atomic mass is 10.1. The van der Waals surface area contributed by atoms with E-state index >= 15 is 0 Å². The van der Waals surface area contributed by atoms with Crippen LogP contribution in [0.3, 0.4) is 0 Å². The lowest BCUT2D eigenvalue weighted by Crippen LogP contribution is -2.15. The van der Waals surface area contributed by atoms with Crippen LogP contribution < -0.4 is 16.2 Å². The van der Waals surface area contributed by atoms with Crippen LogP contribution >= 0.6 is 0 Å². The Kier molecular flexibility index (Phi) is 6.25. The van der Waals surface area contributed by atoms with Crippen LogP contribution in [-0.4, -0.2) is 28.7 Å². The Morgan fingerprint density at radius 1 is 1.25 bits per heavy atom. The van der Waals surface area contributed by atoms with E-state index in [1.165, 1.54) is 6.07 Å². The summed E-state index contributed by atoms with van der Waals surface area (Å²) in [6, 6.07) is 3.10. The van der Waals surface area contributed by atoms with Crippen molar-refractivity contribution in [3.63, 3.8) is 0 Å². The van der Waals surface area contributed by atoms with E-state index in [-0.39, 0.29) is 4.90 Å². The Bertz CT molecular complexity index is 544. The van der Waals surface area contributed by atoms with Gasteiger partial charge in [-0.25, -0.2) is 13.6 Å². The molecular weight excluding hydrogens is 278 g/mol. The predicted molar refractivity (Wildman–Crippen MR) is 81.2 cm³/mol. The third kappa shape index (κ3) is 4.99. The Morgan fingerprint density at radius 3 is 2.55 bits per heavy atom. The molecule has 6 nitrogen and oxygen atoms in total. The molecule has 5 N–H and O–H groups in total. The second-order valence-electron chi connectivity index (χ2n) is 4.72. The van der Waals surface area contributed by atoms with E-state index in [9.17, 15) is 8.42 Å². The molecule has 0 aliphatic heterocycles. The molecule has 0 amide bonds. The molecule has 0 bridgehead atoms. The first kappa shape index (κ1) is 16.7. The number of nitrogens with one attached hydrogen (secondary N) is 1. The zero-order chi connectivity index (χ0) is 15.2. The van der Waals surface area contributed by atoms with Crippen molar-refractivity contribution in [1.82, 2.24) is 0 Å². The molecule has 0 saturated heterocycles. The minimum Gasteiger partial charge on any atom is -0.399 e. The van der Waals surface area contributed by atoms with Crippen LogP contribution in [0.15, 0.2) is 17.0 Å². The third-order valence-electron chi connectivity index (χ3n) is 3.03. The van der Waals surface area contributed by atoms with Gasteiger partial charge in [-0.2, -0.15) is 0 Å². The molecule has 0 unspecified atom stereocenters. The van der Waals surface area contributed by atoms with Gasteiger partial charge in [-0.05, 0) is 43.9 Å². The van der Waals surface area contributed by atoms with Crippen LogP contribution in [0.4, 0.5) is 11.4 Å². The number of anilines is 2. The maximum atomic E-state index is 11.5. The van der Waals surface area contributed by atoms with Crippen LogP contribution in [0.2, 0.25) is 0 Å². The van der Waals surface area contributed by atoms with Crippen molar-refractivity contribution < 1.29 is 13.2 Å². The molecule has 0 fully saturated rings. The summed E-state index contributed by atoms with van der Waals surface area (Å²) in [6.45, 7) is 3.22. The van der Waals surface area contributed by atoms with Crippen molar-refractivity contribution in [3.05, 3.63) is 17.7 Å². The van der Waals surface area contributed by atoms with E-state index in [2.05, 4.69) is 5.32 Å². The maximum Gasteiger partial charge on any atom is 0.238 e. The van der Waals surface area contributed by atoms with E-state index < -0.39 is 10.0 Å². The van der Waals surface area contributed by atoms with Gasteiger partial charge >= 0.3 is 0 Å². The van der Waals surface area contributed by atoms with Crippen LogP contribution in [0.1, 0.15) is 24.8 Å². The molecule has 0 aromatic heterocycles. The minimum atomic E-state index is -3.76. The van der Waals surface area contributed by atoms with Gasteiger partial charge in [-0.15, -0.1) is 0 Å². The van der Waals surface area contributed by atoms with Gasteiger partial charge < -0.3 is 15.8 Å². The number of sulfonamides is 1. The van der Waals surface area contributed by atoms with Gasteiger partial charge in [-0.1, -0.05) is 0 Å². The largest absolute Gasteiger partial charge is 0.399 e. The normalized spacial score (nSPS) is 11.6. The molecule has 0 spiro atoms. The third-order valence-corrected chi connectivity index (χ3v) is 4.07. The molecule has 7 heteroatoms. The quantitative estimate of drug-likeness (QED) is 0.497. The van der Waals surface area contributed by atoms with Crippen molar-refractivity contribution in [1.29, 1.82) is 0 Å². The summed E-state index contributed by atoms with van der Waals surface area (Å²) >= 11 is 0. The first-order chi connectivity index (χ1) is 9.36. The summed E-state index contributed by atoms with van der Waals surface area (Å²) in [5, 5.41) is 8.38. The average molecular weight is 301 g/mol. The Morgan fingerprint density at radius 2 is 1.95 bits per heavy atom. The second-order valence-corrected chi connectivity index (χ2v) is 6.25. The number of rotatable bonds is 8. The number of primary sulfonamides is 1. The summed E-state index contributed by atoms with van der Waals surface area (Å²) in [5.74, 6) is 0. The molecule has 0 saturated carbocycles. The van der Waals surface area contributed by atoms with Crippen LogP contribution in [0.5, 0.6) is 0 Å². The van der Waals surface area contributed by atoms with Crippen molar-refractivity contribution in [3.8, 4) is 0 Å². The molecule has 0 atom stereocenters. The SMILES string of the molecule is COCCCCCNc1cc(N)cc(S(N)(=O)=O)c1C. The Labute approximate surface area is 120 Å². The van der Waals surface area contributed by atoms with Gasteiger partial charge in [0.05, 0.1) is 4.90 Å². The fraction of sp³-hybridized carbons (Fsp3) is 0.538. The number of unbranched alkanes of at least 4 members (excludes halogenated alkanes) is 2. The van der Waals surface area contributed by atoms with E-state index in [0.717, 1.165) is 32.4 Å². The number of ether oxygens (including phenoxy) is 1. The Balaban J connectivity index is 2.69. The molecule has 1 rings (SSSR count). The molecule has 114 valence electrons. The minimum absolute atomic E-state index is 0.0689. The molecular formula is C13H23N3O3S. The Hall–Kier alpha value is -1.31. The second kappa shape index (κ2) is 7.47. The highest BCUT2D eigenvalue weighted by Gasteiger charge is 2.15. The van der Waals surface area contributed by atoms with Crippen LogP contribution in [-0.2, 0) is 14.8 Å². The molecule has 1 aromatic rings. The first-order valence-electron chi connectivity index (χ1n) is 6.52. The highest BCUT2D eigenvalue weighted by molar-refractivity contribution is 7.89.